The highest BCUT2D eigenvalue weighted by molar-refractivity contribution is 5.37. The smallest absolute Gasteiger partial charge is 0.125 e. The van der Waals surface area contributed by atoms with Crippen molar-refractivity contribution in [1.82, 2.24) is 0 Å². The Kier molecular flexibility index (Phi) is 3.53. The minimum atomic E-state index is 0.227. The van der Waals surface area contributed by atoms with Crippen LogP contribution in [0.1, 0.15) is 45.8 Å². The van der Waals surface area contributed by atoms with Gasteiger partial charge in [0.25, 0.3) is 0 Å². The van der Waals surface area contributed by atoms with Crippen LogP contribution in [0.2, 0.25) is 0 Å². The van der Waals surface area contributed by atoms with Crippen LogP contribution in [-0.4, -0.2) is 13.2 Å². The van der Waals surface area contributed by atoms with E-state index >= 15 is 0 Å². The van der Waals surface area contributed by atoms with Gasteiger partial charge in [-0.3, -0.25) is 0 Å². The van der Waals surface area contributed by atoms with Gasteiger partial charge >= 0.3 is 0 Å². The molecular weight excluding hydrogens is 248 g/mol. The second kappa shape index (κ2) is 5.07. The Bertz CT molecular complexity index is 470. The van der Waals surface area contributed by atoms with Gasteiger partial charge in [-0.25, -0.2) is 0 Å². The first kappa shape index (κ1) is 13.9. The molecule has 2 heteroatoms. The molecule has 2 nitrogen and oxygen atoms in total. The van der Waals surface area contributed by atoms with E-state index in [-0.39, 0.29) is 11.5 Å². The van der Waals surface area contributed by atoms with E-state index in [2.05, 4.69) is 45.9 Å². The molecule has 2 atom stereocenters. The summed E-state index contributed by atoms with van der Waals surface area (Å²) in [5, 5.41) is 0. The van der Waals surface area contributed by atoms with E-state index in [0.29, 0.717) is 17.8 Å². The molecule has 0 spiro atoms. The van der Waals surface area contributed by atoms with Gasteiger partial charge in [0.2, 0.25) is 0 Å². The summed E-state index contributed by atoms with van der Waals surface area (Å²) >= 11 is 0. The summed E-state index contributed by atoms with van der Waals surface area (Å²) in [4.78, 5) is 0. The quantitative estimate of drug-likeness (QED) is 0.793. The van der Waals surface area contributed by atoms with Crippen LogP contribution >= 0.6 is 0 Å². The Hall–Kier alpha value is -1.02. The fourth-order valence-electron chi connectivity index (χ4n) is 4.04. The fraction of sp³-hybridized carbons (Fsp3) is 0.667. The van der Waals surface area contributed by atoms with Crippen molar-refractivity contribution in [3.63, 3.8) is 0 Å². The number of para-hydroxylation sites is 1. The third-order valence-electron chi connectivity index (χ3n) is 5.58. The highest BCUT2D eigenvalue weighted by Gasteiger charge is 2.47. The number of rotatable bonds is 2. The highest BCUT2D eigenvalue weighted by atomic mass is 16.5. The van der Waals surface area contributed by atoms with Crippen LogP contribution in [0, 0.1) is 23.2 Å². The van der Waals surface area contributed by atoms with Crippen LogP contribution < -0.4 is 4.74 Å². The maximum Gasteiger partial charge on any atom is 0.125 e. The van der Waals surface area contributed by atoms with E-state index in [0.717, 1.165) is 19.0 Å². The van der Waals surface area contributed by atoms with Crippen molar-refractivity contribution in [3.05, 3.63) is 29.8 Å². The molecule has 0 aromatic heterocycles. The Labute approximate surface area is 122 Å². The van der Waals surface area contributed by atoms with E-state index < -0.39 is 0 Å². The average molecular weight is 274 g/mol. The molecule has 0 saturated carbocycles. The molecule has 3 rings (SSSR count). The summed E-state index contributed by atoms with van der Waals surface area (Å²) in [6.45, 7) is 11.0. The molecule has 1 aromatic rings. The van der Waals surface area contributed by atoms with Gasteiger partial charge in [0.1, 0.15) is 5.75 Å². The van der Waals surface area contributed by atoms with E-state index in [1.165, 1.54) is 12.0 Å². The molecule has 1 fully saturated rings. The molecule has 0 bridgehead atoms. The van der Waals surface area contributed by atoms with Crippen molar-refractivity contribution in [2.75, 3.05) is 13.2 Å². The maximum absolute atomic E-state index is 6.37. The summed E-state index contributed by atoms with van der Waals surface area (Å²) in [5.41, 5.74) is 1.53. The monoisotopic (exact) mass is 274 g/mol. The second-order valence-electron chi connectivity index (χ2n) is 7.09. The molecule has 2 aliphatic heterocycles. The predicted octanol–water partition coefficient (Wildman–Crippen LogP) is 4.46. The zero-order valence-electron chi connectivity index (χ0n) is 13.1. The molecule has 0 N–H and O–H groups in total. The molecule has 1 aromatic carbocycles. The average Bonchev–Trinajstić information content (AvgIpc) is 2.46. The van der Waals surface area contributed by atoms with Crippen LogP contribution in [-0.2, 0) is 4.74 Å². The summed E-state index contributed by atoms with van der Waals surface area (Å²) < 4.78 is 12.3. The molecule has 2 aliphatic rings. The number of ether oxygens (including phenoxy) is 2. The molecule has 0 aliphatic carbocycles. The van der Waals surface area contributed by atoms with Crippen molar-refractivity contribution >= 4 is 0 Å². The molecule has 0 radical (unpaired) electrons. The van der Waals surface area contributed by atoms with Crippen molar-refractivity contribution in [2.24, 2.45) is 23.2 Å². The fourth-order valence-corrected chi connectivity index (χ4v) is 4.04. The lowest BCUT2D eigenvalue weighted by molar-refractivity contribution is -0.151. The largest absolute Gasteiger partial charge is 0.493 e. The zero-order valence-corrected chi connectivity index (χ0v) is 13.1. The molecule has 0 unspecified atom stereocenters. The lowest BCUT2D eigenvalue weighted by Crippen LogP contribution is -2.47. The minimum Gasteiger partial charge on any atom is -0.493 e. The van der Waals surface area contributed by atoms with Crippen LogP contribution in [0.15, 0.2) is 24.3 Å². The van der Waals surface area contributed by atoms with E-state index in [1.54, 1.807) is 0 Å². The van der Waals surface area contributed by atoms with Gasteiger partial charge in [0, 0.05) is 11.5 Å². The van der Waals surface area contributed by atoms with Gasteiger partial charge in [-0.05, 0) is 29.7 Å². The Morgan fingerprint density at radius 2 is 1.80 bits per heavy atom. The Balaban J connectivity index is 1.88. The molecule has 2 heterocycles. The number of hydrogen-bond donors (Lipinski definition) is 0. The lowest BCUT2D eigenvalue weighted by Gasteiger charge is -2.51. The normalized spacial score (nSPS) is 27.9. The third kappa shape index (κ3) is 2.05. The second-order valence-corrected chi connectivity index (χ2v) is 7.09. The number of benzene rings is 1. The van der Waals surface area contributed by atoms with Crippen LogP contribution in [0.4, 0.5) is 0 Å². The minimum absolute atomic E-state index is 0.227. The Morgan fingerprint density at radius 1 is 1.10 bits per heavy atom. The van der Waals surface area contributed by atoms with Crippen LogP contribution in [0.5, 0.6) is 5.75 Å². The SMILES string of the molecule is CC(C)C1(C(C)C)CO[C@H]2c3ccccc3OC[C@@H]2C1. The van der Waals surface area contributed by atoms with Gasteiger partial charge in [-0.15, -0.1) is 0 Å². The molecule has 20 heavy (non-hydrogen) atoms. The first-order valence-corrected chi connectivity index (χ1v) is 7.88. The predicted molar refractivity (Wildman–Crippen MR) is 80.8 cm³/mol. The van der Waals surface area contributed by atoms with Crippen molar-refractivity contribution in [1.29, 1.82) is 0 Å². The van der Waals surface area contributed by atoms with Gasteiger partial charge in [-0.2, -0.15) is 0 Å². The van der Waals surface area contributed by atoms with Crippen molar-refractivity contribution in [2.45, 2.75) is 40.2 Å². The van der Waals surface area contributed by atoms with Gasteiger partial charge in [0.05, 0.1) is 19.3 Å². The van der Waals surface area contributed by atoms with Crippen molar-refractivity contribution < 1.29 is 9.47 Å². The summed E-state index contributed by atoms with van der Waals surface area (Å²) in [7, 11) is 0. The highest BCUT2D eigenvalue weighted by Crippen LogP contribution is 2.52. The molecule has 1 saturated heterocycles. The lowest BCUT2D eigenvalue weighted by atomic mass is 9.62. The summed E-state index contributed by atoms with van der Waals surface area (Å²) in [6, 6.07) is 8.33. The number of hydrogen-bond acceptors (Lipinski definition) is 2. The topological polar surface area (TPSA) is 18.5 Å². The van der Waals surface area contributed by atoms with E-state index in [4.69, 9.17) is 9.47 Å². The summed E-state index contributed by atoms with van der Waals surface area (Å²) in [6.07, 6.45) is 1.44. The summed E-state index contributed by atoms with van der Waals surface area (Å²) in [5.74, 6) is 2.78. The standard InChI is InChI=1S/C18H26O2/c1-12(2)18(13(3)4)9-14-10-19-16-8-6-5-7-15(16)17(14)20-11-18/h5-8,12-14,17H,9-11H2,1-4H3/t14-,17+/m0/s1. The molecule has 0 amide bonds. The number of fused-ring (bicyclic) bond motifs is 3. The van der Waals surface area contributed by atoms with Gasteiger partial charge in [0.15, 0.2) is 0 Å². The van der Waals surface area contributed by atoms with Crippen LogP contribution in [0.25, 0.3) is 0 Å². The molecular formula is C18H26O2. The first-order valence-electron chi connectivity index (χ1n) is 7.88. The Morgan fingerprint density at radius 3 is 2.50 bits per heavy atom. The molecule has 110 valence electrons. The van der Waals surface area contributed by atoms with Gasteiger partial charge in [-0.1, -0.05) is 45.9 Å². The van der Waals surface area contributed by atoms with Crippen molar-refractivity contribution in [3.8, 4) is 5.75 Å². The first-order chi connectivity index (χ1) is 9.54. The van der Waals surface area contributed by atoms with Crippen LogP contribution in [0.3, 0.4) is 0 Å². The van der Waals surface area contributed by atoms with E-state index in [1.807, 2.05) is 6.07 Å². The maximum atomic E-state index is 6.37. The zero-order chi connectivity index (χ0) is 14.3. The van der Waals surface area contributed by atoms with E-state index in [9.17, 15) is 0 Å². The van der Waals surface area contributed by atoms with Gasteiger partial charge < -0.3 is 9.47 Å². The third-order valence-corrected chi connectivity index (χ3v) is 5.58.